The Balaban J connectivity index is 2.89. The standard InChI is InChI=1S/C14H21F3N2/c1-4-12(18)13(14(15,16)17)19(3)9-11-8-6-5-7-10(11)2/h5-8,12-13H,4,9,18H2,1-3H3. The first-order chi connectivity index (χ1) is 8.77. The molecule has 2 atom stereocenters. The highest BCUT2D eigenvalue weighted by atomic mass is 19.4. The fourth-order valence-electron chi connectivity index (χ4n) is 2.20. The van der Waals surface area contributed by atoms with Crippen molar-refractivity contribution >= 4 is 0 Å². The van der Waals surface area contributed by atoms with Crippen LogP contribution in [-0.2, 0) is 6.54 Å². The lowest BCUT2D eigenvalue weighted by molar-refractivity contribution is -0.187. The molecule has 0 heterocycles. The van der Waals surface area contributed by atoms with Gasteiger partial charge in [-0.25, -0.2) is 0 Å². The van der Waals surface area contributed by atoms with E-state index in [2.05, 4.69) is 0 Å². The summed E-state index contributed by atoms with van der Waals surface area (Å²) in [6.45, 7) is 3.81. The topological polar surface area (TPSA) is 29.3 Å². The van der Waals surface area contributed by atoms with Crippen LogP contribution in [0.3, 0.4) is 0 Å². The summed E-state index contributed by atoms with van der Waals surface area (Å²) in [7, 11) is 1.47. The molecule has 0 bridgehead atoms. The van der Waals surface area contributed by atoms with Crippen molar-refractivity contribution in [1.82, 2.24) is 4.90 Å². The van der Waals surface area contributed by atoms with Crippen LogP contribution in [0.5, 0.6) is 0 Å². The number of likely N-dealkylation sites (N-methyl/N-ethyl adjacent to an activating group) is 1. The van der Waals surface area contributed by atoms with Gasteiger partial charge in [0.15, 0.2) is 0 Å². The molecule has 2 N–H and O–H groups in total. The van der Waals surface area contributed by atoms with Gasteiger partial charge in [0.1, 0.15) is 6.04 Å². The molecule has 0 saturated heterocycles. The molecule has 1 rings (SSSR count). The molecule has 5 heteroatoms. The Kier molecular flexibility index (Phi) is 5.38. The van der Waals surface area contributed by atoms with Crippen molar-refractivity contribution < 1.29 is 13.2 Å². The Morgan fingerprint density at radius 2 is 1.84 bits per heavy atom. The fourth-order valence-corrected chi connectivity index (χ4v) is 2.20. The van der Waals surface area contributed by atoms with Crippen LogP contribution in [0.25, 0.3) is 0 Å². The normalized spacial score (nSPS) is 15.6. The Hall–Kier alpha value is -1.07. The molecule has 108 valence electrons. The van der Waals surface area contributed by atoms with Gasteiger partial charge in [0.05, 0.1) is 0 Å². The first-order valence-corrected chi connectivity index (χ1v) is 6.34. The maximum absolute atomic E-state index is 13.1. The molecule has 0 amide bonds. The zero-order valence-electron chi connectivity index (χ0n) is 11.5. The molecule has 0 aromatic heterocycles. The zero-order valence-corrected chi connectivity index (χ0v) is 11.5. The summed E-state index contributed by atoms with van der Waals surface area (Å²) < 4.78 is 39.3. The van der Waals surface area contributed by atoms with E-state index in [4.69, 9.17) is 5.73 Å². The average Bonchev–Trinajstić information content (AvgIpc) is 2.30. The number of aryl methyl sites for hydroxylation is 1. The molecule has 0 fully saturated rings. The summed E-state index contributed by atoms with van der Waals surface area (Å²) in [6.07, 6.45) is -4.02. The minimum atomic E-state index is -4.31. The van der Waals surface area contributed by atoms with Crippen LogP contribution in [0, 0.1) is 6.92 Å². The quantitative estimate of drug-likeness (QED) is 0.894. The molecule has 2 unspecified atom stereocenters. The van der Waals surface area contributed by atoms with E-state index in [9.17, 15) is 13.2 Å². The second-order valence-electron chi connectivity index (χ2n) is 4.90. The number of nitrogens with two attached hydrogens (primary N) is 1. The molecule has 0 aliphatic rings. The summed E-state index contributed by atoms with van der Waals surface area (Å²) in [6, 6.07) is 4.92. The lowest BCUT2D eigenvalue weighted by atomic mass is 10.0. The van der Waals surface area contributed by atoms with Gasteiger partial charge >= 0.3 is 6.18 Å². The van der Waals surface area contributed by atoms with Gasteiger partial charge in [-0.2, -0.15) is 13.2 Å². The number of rotatable bonds is 5. The van der Waals surface area contributed by atoms with Gasteiger partial charge in [-0.05, 0) is 31.5 Å². The predicted octanol–water partition coefficient (Wildman–Crippen LogP) is 3.10. The Morgan fingerprint density at radius 3 is 2.32 bits per heavy atom. The Bertz CT molecular complexity index is 404. The molecule has 0 saturated carbocycles. The van der Waals surface area contributed by atoms with E-state index in [0.29, 0.717) is 6.42 Å². The van der Waals surface area contributed by atoms with Crippen LogP contribution in [0.4, 0.5) is 13.2 Å². The number of benzene rings is 1. The molecule has 0 aliphatic carbocycles. The summed E-state index contributed by atoms with van der Waals surface area (Å²) in [4.78, 5) is 1.29. The predicted molar refractivity (Wildman–Crippen MR) is 70.8 cm³/mol. The third-order valence-corrected chi connectivity index (χ3v) is 3.37. The first kappa shape index (κ1) is 16.0. The molecule has 0 radical (unpaired) electrons. The van der Waals surface area contributed by atoms with Gasteiger partial charge in [-0.15, -0.1) is 0 Å². The third kappa shape index (κ3) is 4.21. The summed E-state index contributed by atoms with van der Waals surface area (Å²) >= 11 is 0. The van der Waals surface area contributed by atoms with E-state index < -0.39 is 18.3 Å². The van der Waals surface area contributed by atoms with E-state index in [1.165, 1.54) is 11.9 Å². The van der Waals surface area contributed by atoms with Gasteiger partial charge in [-0.3, -0.25) is 4.90 Å². The summed E-state index contributed by atoms with van der Waals surface area (Å²) in [5.41, 5.74) is 7.51. The van der Waals surface area contributed by atoms with Crippen molar-refractivity contribution in [3.05, 3.63) is 35.4 Å². The van der Waals surface area contributed by atoms with Crippen LogP contribution in [-0.4, -0.2) is 30.2 Å². The van der Waals surface area contributed by atoms with Crippen molar-refractivity contribution in [3.8, 4) is 0 Å². The van der Waals surface area contributed by atoms with Gasteiger partial charge < -0.3 is 5.73 Å². The number of alkyl halides is 3. The SMILES string of the molecule is CCC(N)C(N(C)Cc1ccccc1C)C(F)(F)F. The highest BCUT2D eigenvalue weighted by Crippen LogP contribution is 2.28. The van der Waals surface area contributed by atoms with E-state index >= 15 is 0 Å². The van der Waals surface area contributed by atoms with E-state index in [1.807, 2.05) is 31.2 Å². The second-order valence-corrected chi connectivity index (χ2v) is 4.90. The number of halogens is 3. The summed E-state index contributed by atoms with van der Waals surface area (Å²) in [5, 5.41) is 0. The maximum Gasteiger partial charge on any atom is 0.405 e. The molecule has 2 nitrogen and oxygen atoms in total. The second kappa shape index (κ2) is 6.39. The Morgan fingerprint density at radius 1 is 1.26 bits per heavy atom. The molecule has 0 aliphatic heterocycles. The van der Waals surface area contributed by atoms with Crippen molar-refractivity contribution in [2.45, 2.75) is 45.1 Å². The van der Waals surface area contributed by atoms with Crippen LogP contribution < -0.4 is 5.73 Å². The molecular weight excluding hydrogens is 253 g/mol. The van der Waals surface area contributed by atoms with Crippen LogP contribution in [0.2, 0.25) is 0 Å². The number of nitrogens with zero attached hydrogens (tertiary/aromatic N) is 1. The van der Waals surface area contributed by atoms with Gasteiger partial charge in [0, 0.05) is 12.6 Å². The largest absolute Gasteiger partial charge is 0.405 e. The molecule has 0 spiro atoms. The lowest BCUT2D eigenvalue weighted by Gasteiger charge is -2.34. The van der Waals surface area contributed by atoms with Crippen LogP contribution in [0.15, 0.2) is 24.3 Å². The minimum Gasteiger partial charge on any atom is -0.326 e. The van der Waals surface area contributed by atoms with E-state index in [0.717, 1.165) is 11.1 Å². The van der Waals surface area contributed by atoms with Crippen LogP contribution >= 0.6 is 0 Å². The molecule has 1 aromatic rings. The lowest BCUT2D eigenvalue weighted by Crippen LogP contribution is -2.54. The molecule has 1 aromatic carbocycles. The molecule has 19 heavy (non-hydrogen) atoms. The highest BCUT2D eigenvalue weighted by Gasteiger charge is 2.45. The van der Waals surface area contributed by atoms with Gasteiger partial charge in [0.25, 0.3) is 0 Å². The number of hydrogen-bond acceptors (Lipinski definition) is 2. The van der Waals surface area contributed by atoms with E-state index in [1.54, 1.807) is 6.92 Å². The average molecular weight is 274 g/mol. The van der Waals surface area contributed by atoms with Crippen molar-refractivity contribution in [2.75, 3.05) is 7.05 Å². The van der Waals surface area contributed by atoms with Crippen LogP contribution in [0.1, 0.15) is 24.5 Å². The summed E-state index contributed by atoms with van der Waals surface area (Å²) in [5.74, 6) is 0. The fraction of sp³-hybridized carbons (Fsp3) is 0.571. The first-order valence-electron chi connectivity index (χ1n) is 6.34. The van der Waals surface area contributed by atoms with Gasteiger partial charge in [0.2, 0.25) is 0 Å². The third-order valence-electron chi connectivity index (χ3n) is 3.37. The van der Waals surface area contributed by atoms with Gasteiger partial charge in [-0.1, -0.05) is 31.2 Å². The Labute approximate surface area is 112 Å². The number of hydrogen-bond donors (Lipinski definition) is 1. The van der Waals surface area contributed by atoms with Crippen molar-refractivity contribution in [3.63, 3.8) is 0 Å². The van der Waals surface area contributed by atoms with E-state index in [-0.39, 0.29) is 6.54 Å². The highest BCUT2D eigenvalue weighted by molar-refractivity contribution is 5.25. The zero-order chi connectivity index (χ0) is 14.6. The monoisotopic (exact) mass is 274 g/mol. The minimum absolute atomic E-state index is 0.241. The molecular formula is C14H21F3N2. The maximum atomic E-state index is 13.1. The van der Waals surface area contributed by atoms with Crippen molar-refractivity contribution in [1.29, 1.82) is 0 Å². The van der Waals surface area contributed by atoms with Crippen molar-refractivity contribution in [2.24, 2.45) is 5.73 Å². The smallest absolute Gasteiger partial charge is 0.326 e.